The third-order valence-electron chi connectivity index (χ3n) is 1.65. The van der Waals surface area contributed by atoms with E-state index in [9.17, 15) is 4.79 Å². The van der Waals surface area contributed by atoms with Gasteiger partial charge in [0.25, 0.3) is 11.9 Å². The predicted molar refractivity (Wildman–Crippen MR) is 50.9 cm³/mol. The number of nitrogens with one attached hydrogen (secondary N) is 1. The van der Waals surface area contributed by atoms with E-state index < -0.39 is 5.63 Å². The number of halogens is 2. The van der Waals surface area contributed by atoms with Crippen molar-refractivity contribution in [1.29, 1.82) is 0 Å². The lowest BCUT2D eigenvalue weighted by atomic mass is 10.3. The molecule has 0 atom stereocenters. The van der Waals surface area contributed by atoms with Gasteiger partial charge in [0.15, 0.2) is 0 Å². The summed E-state index contributed by atoms with van der Waals surface area (Å²) in [6.07, 6.45) is 1.23. The maximum Gasteiger partial charge on any atom is 0.427 e. The van der Waals surface area contributed by atoms with Crippen molar-refractivity contribution in [3.63, 3.8) is 0 Å². The first kappa shape index (κ1) is 9.30. The summed E-state index contributed by atoms with van der Waals surface area (Å²) in [7, 11) is 0. The summed E-state index contributed by atoms with van der Waals surface area (Å²) in [5, 5.41) is 3.37. The van der Waals surface area contributed by atoms with Crippen molar-refractivity contribution >= 4 is 23.2 Å². The van der Waals surface area contributed by atoms with Crippen LogP contribution in [0.2, 0.25) is 10.0 Å². The predicted octanol–water partition coefficient (Wildman–Crippen LogP) is 1.55. The smallest absolute Gasteiger partial charge is 0.283 e. The fraction of sp³-hybridized carbons (Fsp3) is 0. The molecule has 0 amide bonds. The van der Waals surface area contributed by atoms with Crippen LogP contribution >= 0.6 is 23.2 Å². The lowest BCUT2D eigenvalue weighted by Gasteiger charge is -1.93. The van der Waals surface area contributed by atoms with Crippen molar-refractivity contribution in [2.75, 3.05) is 0 Å². The minimum atomic E-state index is -0.485. The number of aromatic amines is 1. The molecule has 1 aromatic heterocycles. The average Bonchev–Trinajstić information content (AvgIpc) is 2.56. The van der Waals surface area contributed by atoms with Gasteiger partial charge in [0.05, 0.1) is 0 Å². The van der Waals surface area contributed by atoms with Crippen LogP contribution < -0.4 is 10.3 Å². The second-order valence-electron chi connectivity index (χ2n) is 2.61. The Morgan fingerprint density at radius 1 is 1.36 bits per heavy atom. The molecule has 2 rings (SSSR count). The standard InChI is InChI=1S/C8H4Cl2N2O2/c9-5-1-2-6(10)7(3-5)12-4-8(13)14-11-12/h1-4H/p+1. The van der Waals surface area contributed by atoms with Crippen LogP contribution in [0.25, 0.3) is 5.69 Å². The highest BCUT2D eigenvalue weighted by Gasteiger charge is 2.15. The summed E-state index contributed by atoms with van der Waals surface area (Å²) in [6.45, 7) is 0. The highest BCUT2D eigenvalue weighted by molar-refractivity contribution is 6.34. The molecule has 1 heterocycles. The van der Waals surface area contributed by atoms with Gasteiger partial charge in [-0.1, -0.05) is 23.2 Å². The maximum atomic E-state index is 10.8. The number of H-pyrrole nitrogens is 1. The van der Waals surface area contributed by atoms with Gasteiger partial charge in [0, 0.05) is 11.1 Å². The number of aromatic nitrogens is 2. The van der Waals surface area contributed by atoms with Gasteiger partial charge in [-0.25, -0.2) is 4.79 Å². The molecule has 0 saturated carbocycles. The molecule has 0 aliphatic rings. The van der Waals surface area contributed by atoms with Crippen molar-refractivity contribution in [3.05, 3.63) is 44.9 Å². The first-order valence-corrected chi connectivity index (χ1v) is 4.48. The molecule has 0 radical (unpaired) electrons. The van der Waals surface area contributed by atoms with E-state index in [1.165, 1.54) is 10.9 Å². The quantitative estimate of drug-likeness (QED) is 0.758. The van der Waals surface area contributed by atoms with Crippen LogP contribution in [0.15, 0.2) is 33.7 Å². The molecule has 1 aromatic carbocycles. The molecule has 72 valence electrons. The minimum absolute atomic E-state index is 0.469. The van der Waals surface area contributed by atoms with Gasteiger partial charge in [-0.3, -0.25) is 4.52 Å². The molecule has 0 bridgehead atoms. The van der Waals surface area contributed by atoms with Crippen molar-refractivity contribution in [3.8, 4) is 5.69 Å². The number of hydrogen-bond donors (Lipinski definition) is 1. The van der Waals surface area contributed by atoms with E-state index in [1.54, 1.807) is 18.2 Å². The first-order chi connectivity index (χ1) is 6.66. The lowest BCUT2D eigenvalue weighted by molar-refractivity contribution is -0.670. The fourth-order valence-corrected chi connectivity index (χ4v) is 1.42. The molecule has 14 heavy (non-hydrogen) atoms. The van der Waals surface area contributed by atoms with Gasteiger partial charge >= 0.3 is 5.63 Å². The number of benzene rings is 1. The van der Waals surface area contributed by atoms with Crippen molar-refractivity contribution in [2.24, 2.45) is 0 Å². The molecule has 1 N–H and O–H groups in total. The van der Waals surface area contributed by atoms with Crippen molar-refractivity contribution in [2.45, 2.75) is 0 Å². The van der Waals surface area contributed by atoms with Gasteiger partial charge < -0.3 is 0 Å². The van der Waals surface area contributed by atoms with Crippen molar-refractivity contribution < 1.29 is 9.20 Å². The molecule has 6 heteroatoms. The van der Waals surface area contributed by atoms with E-state index in [0.29, 0.717) is 15.7 Å². The molecular weight excluding hydrogens is 227 g/mol. The van der Waals surface area contributed by atoms with E-state index in [0.717, 1.165) is 0 Å². The van der Waals surface area contributed by atoms with Crippen LogP contribution in [0.5, 0.6) is 0 Å². The summed E-state index contributed by atoms with van der Waals surface area (Å²) < 4.78 is 5.85. The SMILES string of the molecule is O=c1c[n+](-c2cc(Cl)ccc2Cl)[nH]o1. The zero-order chi connectivity index (χ0) is 10.1. The number of rotatable bonds is 1. The summed E-state index contributed by atoms with van der Waals surface area (Å²) in [5.41, 5.74) is 0.0751. The topological polar surface area (TPSA) is 49.9 Å². The number of hydrogen-bond acceptors (Lipinski definition) is 2. The third kappa shape index (κ3) is 1.66. The Morgan fingerprint density at radius 2 is 2.14 bits per heavy atom. The molecule has 0 aliphatic carbocycles. The molecular formula is C8H5Cl2N2O2+. The second-order valence-corrected chi connectivity index (χ2v) is 3.45. The second kappa shape index (κ2) is 3.48. The Labute approximate surface area is 88.6 Å². The van der Waals surface area contributed by atoms with E-state index in [4.69, 9.17) is 23.2 Å². The van der Waals surface area contributed by atoms with E-state index in [1.807, 2.05) is 0 Å². The summed E-state index contributed by atoms with van der Waals surface area (Å²) in [6, 6.07) is 4.92. The Morgan fingerprint density at radius 3 is 2.79 bits per heavy atom. The maximum absolute atomic E-state index is 10.8. The molecule has 0 aliphatic heterocycles. The van der Waals surface area contributed by atoms with E-state index in [2.05, 4.69) is 9.79 Å². The van der Waals surface area contributed by atoms with Gasteiger partial charge in [-0.2, -0.15) is 0 Å². The molecule has 0 unspecified atom stereocenters. The summed E-state index contributed by atoms with van der Waals surface area (Å²) in [4.78, 5) is 10.8. The summed E-state index contributed by atoms with van der Waals surface area (Å²) >= 11 is 11.7. The molecule has 0 fully saturated rings. The Bertz CT molecular complexity index is 518. The normalized spacial score (nSPS) is 10.4. The fourth-order valence-electron chi connectivity index (χ4n) is 1.04. The van der Waals surface area contributed by atoms with Crippen LogP contribution in [0.4, 0.5) is 0 Å². The zero-order valence-corrected chi connectivity index (χ0v) is 8.34. The average molecular weight is 232 g/mol. The zero-order valence-electron chi connectivity index (χ0n) is 6.83. The largest absolute Gasteiger partial charge is 0.427 e. The van der Waals surface area contributed by atoms with Gasteiger partial charge in [-0.15, -0.1) is 0 Å². The monoisotopic (exact) mass is 231 g/mol. The van der Waals surface area contributed by atoms with E-state index >= 15 is 0 Å². The highest BCUT2D eigenvalue weighted by atomic mass is 35.5. The van der Waals surface area contributed by atoms with Crippen LogP contribution in [-0.2, 0) is 0 Å². The van der Waals surface area contributed by atoms with E-state index in [-0.39, 0.29) is 0 Å². The Balaban J connectivity index is 2.61. The van der Waals surface area contributed by atoms with Gasteiger partial charge in [0.1, 0.15) is 5.02 Å². The first-order valence-electron chi connectivity index (χ1n) is 3.72. The summed E-state index contributed by atoms with van der Waals surface area (Å²) in [5.74, 6) is 0. The molecule has 4 nitrogen and oxygen atoms in total. The third-order valence-corrected chi connectivity index (χ3v) is 2.20. The number of nitrogens with zero attached hydrogens (tertiary/aromatic N) is 1. The van der Waals surface area contributed by atoms with Crippen LogP contribution in [0, 0.1) is 0 Å². The minimum Gasteiger partial charge on any atom is -0.283 e. The highest BCUT2D eigenvalue weighted by Crippen LogP contribution is 2.19. The van der Waals surface area contributed by atoms with Crippen LogP contribution in [-0.4, -0.2) is 5.27 Å². The van der Waals surface area contributed by atoms with Gasteiger partial charge in [-0.05, 0) is 22.1 Å². The Hall–Kier alpha value is -1.26. The molecule has 2 aromatic rings. The molecule has 0 spiro atoms. The van der Waals surface area contributed by atoms with Crippen LogP contribution in [0.3, 0.4) is 0 Å². The van der Waals surface area contributed by atoms with Crippen LogP contribution in [0.1, 0.15) is 0 Å². The van der Waals surface area contributed by atoms with Gasteiger partial charge in [0.2, 0.25) is 0 Å². The molecule has 0 saturated heterocycles. The Kier molecular flexibility index (Phi) is 2.31. The lowest BCUT2D eigenvalue weighted by Crippen LogP contribution is -2.32. The van der Waals surface area contributed by atoms with Crippen molar-refractivity contribution in [1.82, 2.24) is 5.27 Å².